The van der Waals surface area contributed by atoms with E-state index in [1.165, 1.54) is 0 Å². The Hall–Kier alpha value is -1.54. The molecular weight excluding hydrogens is 372 g/mol. The monoisotopic (exact) mass is 413 g/mol. The maximum Gasteiger partial charge on any atom is 0.407 e. The smallest absolute Gasteiger partial charge is 0.407 e. The molecule has 1 rings (SSSR count). The van der Waals surface area contributed by atoms with Gasteiger partial charge in [0.05, 0.1) is 0 Å². The van der Waals surface area contributed by atoms with E-state index in [9.17, 15) is 9.59 Å². The SMILES string of the molecule is CC(C)(C)OC(=O)NCCN(CCNC(=O)OC(C)(C)C)CCN1CC[CH]CC1. The van der Waals surface area contributed by atoms with Gasteiger partial charge in [0.2, 0.25) is 0 Å². The lowest BCUT2D eigenvalue weighted by molar-refractivity contribution is 0.0520. The van der Waals surface area contributed by atoms with E-state index < -0.39 is 23.4 Å². The molecule has 29 heavy (non-hydrogen) atoms. The van der Waals surface area contributed by atoms with Gasteiger partial charge >= 0.3 is 12.2 Å². The molecule has 0 atom stereocenters. The number of nitrogens with zero attached hydrogens (tertiary/aromatic N) is 2. The third kappa shape index (κ3) is 14.1. The number of ether oxygens (including phenoxy) is 2. The number of rotatable bonds is 9. The van der Waals surface area contributed by atoms with Gasteiger partial charge in [-0.1, -0.05) is 0 Å². The highest BCUT2D eigenvalue weighted by molar-refractivity contribution is 5.68. The van der Waals surface area contributed by atoms with Gasteiger partial charge in [0.25, 0.3) is 0 Å². The fraction of sp³-hybridized carbons (Fsp3) is 0.857. The van der Waals surface area contributed by atoms with Crippen LogP contribution in [0.25, 0.3) is 0 Å². The highest BCUT2D eigenvalue weighted by Crippen LogP contribution is 2.08. The highest BCUT2D eigenvalue weighted by atomic mass is 16.6. The molecule has 0 aromatic rings. The normalized spacial score (nSPS) is 15.8. The van der Waals surface area contributed by atoms with E-state index in [1.807, 2.05) is 41.5 Å². The number of hydrogen-bond donors (Lipinski definition) is 2. The van der Waals surface area contributed by atoms with Crippen LogP contribution in [-0.4, -0.2) is 85.5 Å². The molecule has 8 nitrogen and oxygen atoms in total. The summed E-state index contributed by atoms with van der Waals surface area (Å²) in [7, 11) is 0. The molecule has 0 aromatic carbocycles. The largest absolute Gasteiger partial charge is 0.444 e. The van der Waals surface area contributed by atoms with Crippen molar-refractivity contribution in [1.29, 1.82) is 0 Å². The van der Waals surface area contributed by atoms with Crippen molar-refractivity contribution in [3.8, 4) is 0 Å². The third-order valence-corrected chi connectivity index (χ3v) is 4.22. The van der Waals surface area contributed by atoms with Gasteiger partial charge in [0.1, 0.15) is 11.2 Å². The number of hydrogen-bond acceptors (Lipinski definition) is 6. The first-order valence-corrected chi connectivity index (χ1v) is 10.6. The molecule has 2 amide bonds. The van der Waals surface area contributed by atoms with Crippen molar-refractivity contribution < 1.29 is 19.1 Å². The highest BCUT2D eigenvalue weighted by Gasteiger charge is 2.18. The van der Waals surface area contributed by atoms with E-state index in [0.29, 0.717) is 26.2 Å². The lowest BCUT2D eigenvalue weighted by Crippen LogP contribution is -2.44. The predicted octanol–water partition coefficient (Wildman–Crippen LogP) is 2.64. The summed E-state index contributed by atoms with van der Waals surface area (Å²) in [6.45, 7) is 17.5. The Balaban J connectivity index is 2.41. The second-order valence-corrected chi connectivity index (χ2v) is 9.41. The van der Waals surface area contributed by atoms with Gasteiger partial charge < -0.3 is 25.0 Å². The average Bonchev–Trinajstić information content (AvgIpc) is 2.57. The van der Waals surface area contributed by atoms with Crippen molar-refractivity contribution in [3.05, 3.63) is 6.42 Å². The van der Waals surface area contributed by atoms with Crippen LogP contribution in [0.5, 0.6) is 0 Å². The molecule has 0 aliphatic carbocycles. The van der Waals surface area contributed by atoms with Crippen LogP contribution in [0.15, 0.2) is 0 Å². The molecule has 0 unspecified atom stereocenters. The van der Waals surface area contributed by atoms with Gasteiger partial charge in [-0.15, -0.1) is 0 Å². The second kappa shape index (κ2) is 12.2. The van der Waals surface area contributed by atoms with E-state index in [0.717, 1.165) is 39.0 Å². The van der Waals surface area contributed by atoms with Crippen LogP contribution in [-0.2, 0) is 9.47 Å². The molecular formula is C21H41N4O4. The fourth-order valence-electron chi connectivity index (χ4n) is 2.91. The summed E-state index contributed by atoms with van der Waals surface area (Å²) < 4.78 is 10.6. The second-order valence-electron chi connectivity index (χ2n) is 9.41. The number of carbonyl (C=O) groups is 2. The van der Waals surface area contributed by atoms with Gasteiger partial charge in [-0.3, -0.25) is 4.90 Å². The Bertz CT molecular complexity index is 460. The minimum atomic E-state index is -0.508. The zero-order chi connectivity index (χ0) is 21.9. The lowest BCUT2D eigenvalue weighted by atomic mass is 10.1. The minimum Gasteiger partial charge on any atom is -0.444 e. The Morgan fingerprint density at radius 3 is 1.72 bits per heavy atom. The van der Waals surface area contributed by atoms with E-state index in [4.69, 9.17) is 9.47 Å². The number of carbonyl (C=O) groups excluding carboxylic acids is 2. The Morgan fingerprint density at radius 1 is 0.862 bits per heavy atom. The fourth-order valence-corrected chi connectivity index (χ4v) is 2.91. The summed E-state index contributed by atoms with van der Waals surface area (Å²) in [6, 6.07) is 0. The molecule has 1 aliphatic rings. The van der Waals surface area contributed by atoms with Crippen LogP contribution >= 0.6 is 0 Å². The van der Waals surface area contributed by atoms with Crippen LogP contribution in [0.4, 0.5) is 9.59 Å². The lowest BCUT2D eigenvalue weighted by Gasteiger charge is -2.30. The van der Waals surface area contributed by atoms with Crippen molar-refractivity contribution in [3.63, 3.8) is 0 Å². The molecule has 1 radical (unpaired) electrons. The molecule has 0 spiro atoms. The van der Waals surface area contributed by atoms with E-state index in [2.05, 4.69) is 26.9 Å². The number of nitrogens with one attached hydrogen (secondary N) is 2. The first-order valence-electron chi connectivity index (χ1n) is 10.6. The average molecular weight is 414 g/mol. The van der Waals surface area contributed by atoms with Crippen LogP contribution < -0.4 is 10.6 Å². The summed E-state index contributed by atoms with van der Waals surface area (Å²) in [6.07, 6.45) is 3.80. The summed E-state index contributed by atoms with van der Waals surface area (Å²) in [5.41, 5.74) is -1.02. The Morgan fingerprint density at radius 2 is 1.31 bits per heavy atom. The van der Waals surface area contributed by atoms with Gasteiger partial charge in [0, 0.05) is 39.3 Å². The topological polar surface area (TPSA) is 83.1 Å². The number of likely N-dealkylation sites (tertiary alicyclic amines) is 1. The molecule has 169 valence electrons. The van der Waals surface area contributed by atoms with Crippen molar-refractivity contribution in [2.75, 3.05) is 52.4 Å². The summed E-state index contributed by atoms with van der Waals surface area (Å²) in [5, 5.41) is 5.61. The van der Waals surface area contributed by atoms with Crippen LogP contribution in [0, 0.1) is 6.42 Å². The zero-order valence-electron chi connectivity index (χ0n) is 19.2. The van der Waals surface area contributed by atoms with Gasteiger partial charge in [-0.05, 0) is 73.9 Å². The van der Waals surface area contributed by atoms with Crippen LogP contribution in [0.2, 0.25) is 0 Å². The molecule has 1 saturated heterocycles. The third-order valence-electron chi connectivity index (χ3n) is 4.22. The summed E-state index contributed by atoms with van der Waals surface area (Å²) in [5.74, 6) is 0. The number of amides is 2. The first kappa shape index (κ1) is 25.5. The van der Waals surface area contributed by atoms with Crippen LogP contribution in [0.3, 0.4) is 0 Å². The molecule has 0 bridgehead atoms. The predicted molar refractivity (Wildman–Crippen MR) is 115 cm³/mol. The number of alkyl carbamates (subject to hydrolysis) is 2. The van der Waals surface area contributed by atoms with E-state index in [1.54, 1.807) is 0 Å². The quantitative estimate of drug-likeness (QED) is 0.605. The molecule has 1 fully saturated rings. The standard InChI is InChI=1S/C21H41N4O4/c1-20(2,3)28-18(26)22-10-14-25(17-16-24-12-8-7-9-13-24)15-11-23-19(27)29-21(4,5)6/h7H,8-17H2,1-6H3,(H,22,26)(H,23,27). The Labute approximate surface area is 176 Å². The van der Waals surface area contributed by atoms with Gasteiger partial charge in [-0.25, -0.2) is 9.59 Å². The van der Waals surface area contributed by atoms with Crippen molar-refractivity contribution in [2.45, 2.75) is 65.6 Å². The maximum atomic E-state index is 11.8. The number of piperidine rings is 1. The molecule has 8 heteroatoms. The molecule has 2 N–H and O–H groups in total. The van der Waals surface area contributed by atoms with Crippen molar-refractivity contribution >= 4 is 12.2 Å². The minimum absolute atomic E-state index is 0.407. The summed E-state index contributed by atoms with van der Waals surface area (Å²) in [4.78, 5) is 28.4. The molecule has 1 heterocycles. The van der Waals surface area contributed by atoms with Gasteiger partial charge in [-0.2, -0.15) is 0 Å². The first-order chi connectivity index (χ1) is 13.4. The van der Waals surface area contributed by atoms with E-state index in [-0.39, 0.29) is 0 Å². The molecule has 1 aliphatic heterocycles. The Kier molecular flexibility index (Phi) is 10.7. The zero-order valence-corrected chi connectivity index (χ0v) is 19.2. The molecule has 0 saturated carbocycles. The van der Waals surface area contributed by atoms with Crippen molar-refractivity contribution in [2.24, 2.45) is 0 Å². The van der Waals surface area contributed by atoms with E-state index >= 15 is 0 Å². The van der Waals surface area contributed by atoms with Crippen molar-refractivity contribution in [1.82, 2.24) is 20.4 Å². The van der Waals surface area contributed by atoms with Gasteiger partial charge in [0.15, 0.2) is 0 Å². The molecule has 0 aromatic heterocycles. The summed E-state index contributed by atoms with van der Waals surface area (Å²) >= 11 is 0. The van der Waals surface area contributed by atoms with Crippen LogP contribution in [0.1, 0.15) is 54.4 Å². The maximum absolute atomic E-state index is 11.8.